The highest BCUT2D eigenvalue weighted by molar-refractivity contribution is 6.11. The van der Waals surface area contributed by atoms with E-state index >= 15 is 0 Å². The average Bonchev–Trinajstić information content (AvgIpc) is 3.43. The highest BCUT2D eigenvalue weighted by Gasteiger charge is 2.49. The fourth-order valence-electron chi connectivity index (χ4n) is 5.27. The van der Waals surface area contributed by atoms with Gasteiger partial charge in [-0.25, -0.2) is 4.79 Å². The van der Waals surface area contributed by atoms with E-state index < -0.39 is 23.4 Å². The van der Waals surface area contributed by atoms with E-state index in [1.807, 2.05) is 78.9 Å². The van der Waals surface area contributed by atoms with Crippen molar-refractivity contribution >= 4 is 45.7 Å². The maximum absolute atomic E-state index is 13.4. The first-order chi connectivity index (χ1) is 17.9. The summed E-state index contributed by atoms with van der Waals surface area (Å²) in [5.41, 5.74) is 3.30. The topological polar surface area (TPSA) is 81.8 Å². The number of nitrogens with zero attached hydrogens (tertiary/aromatic N) is 2. The van der Waals surface area contributed by atoms with Crippen molar-refractivity contribution in [1.82, 2.24) is 10.2 Å². The number of rotatable bonds is 5. The number of amides is 4. The minimum atomic E-state index is -1.25. The van der Waals surface area contributed by atoms with Crippen molar-refractivity contribution < 1.29 is 14.4 Å². The van der Waals surface area contributed by atoms with Crippen LogP contribution in [0.4, 0.5) is 21.9 Å². The Kier molecular flexibility index (Phi) is 5.41. The molecule has 0 bridgehead atoms. The molecular formula is C30H26N4O3. The Morgan fingerprint density at radius 2 is 1.59 bits per heavy atom. The first kappa shape index (κ1) is 22.8. The summed E-state index contributed by atoms with van der Waals surface area (Å²) in [6.45, 7) is 2.11. The molecular weight excluding hydrogens is 464 g/mol. The molecule has 7 heteroatoms. The van der Waals surface area contributed by atoms with Crippen LogP contribution in [0, 0.1) is 0 Å². The molecule has 4 aromatic carbocycles. The van der Waals surface area contributed by atoms with Crippen molar-refractivity contribution in [1.29, 1.82) is 0 Å². The summed E-state index contributed by atoms with van der Waals surface area (Å²) in [5.74, 6) is -0.893. The molecule has 2 aliphatic heterocycles. The maximum Gasteiger partial charge on any atom is 0.325 e. The summed E-state index contributed by atoms with van der Waals surface area (Å²) in [4.78, 5) is 42.5. The fraction of sp³-hybridized carbons (Fsp3) is 0.167. The second kappa shape index (κ2) is 8.78. The number of hydrogen-bond donors (Lipinski definition) is 2. The number of benzene rings is 4. The fourth-order valence-corrected chi connectivity index (χ4v) is 5.27. The van der Waals surface area contributed by atoms with Crippen molar-refractivity contribution in [3.05, 3.63) is 102 Å². The average molecular weight is 491 g/mol. The Hall–Kier alpha value is -4.65. The van der Waals surface area contributed by atoms with Crippen molar-refractivity contribution in [2.24, 2.45) is 0 Å². The van der Waals surface area contributed by atoms with Crippen molar-refractivity contribution in [2.45, 2.75) is 18.9 Å². The minimum absolute atomic E-state index is 0.376. The van der Waals surface area contributed by atoms with E-state index in [9.17, 15) is 14.4 Å². The predicted molar refractivity (Wildman–Crippen MR) is 144 cm³/mol. The first-order valence-corrected chi connectivity index (χ1v) is 12.3. The quantitative estimate of drug-likeness (QED) is 0.388. The van der Waals surface area contributed by atoms with Gasteiger partial charge in [0.2, 0.25) is 5.91 Å². The Bertz CT molecular complexity index is 1570. The zero-order valence-electron chi connectivity index (χ0n) is 20.4. The van der Waals surface area contributed by atoms with E-state index in [0.29, 0.717) is 11.3 Å². The Labute approximate surface area is 214 Å². The molecule has 0 aromatic heterocycles. The molecule has 4 aromatic rings. The third-order valence-corrected chi connectivity index (χ3v) is 7.26. The third-order valence-electron chi connectivity index (χ3n) is 7.26. The third kappa shape index (κ3) is 3.89. The van der Waals surface area contributed by atoms with Gasteiger partial charge in [-0.05, 0) is 59.5 Å². The van der Waals surface area contributed by atoms with Crippen LogP contribution in [0.3, 0.4) is 0 Å². The molecule has 6 rings (SSSR count). The minimum Gasteiger partial charge on any atom is -0.339 e. The van der Waals surface area contributed by atoms with E-state index in [4.69, 9.17) is 0 Å². The van der Waals surface area contributed by atoms with Crippen molar-refractivity contribution in [3.8, 4) is 0 Å². The predicted octanol–water partition coefficient (Wildman–Crippen LogP) is 4.94. The lowest BCUT2D eigenvalue weighted by Crippen LogP contribution is -2.42. The number of fused-ring (bicyclic) bond motifs is 2. The molecule has 7 nitrogen and oxygen atoms in total. The van der Waals surface area contributed by atoms with Gasteiger partial charge in [0.15, 0.2) is 0 Å². The van der Waals surface area contributed by atoms with Crippen LogP contribution in [0.1, 0.15) is 18.1 Å². The lowest BCUT2D eigenvalue weighted by molar-refractivity contribution is -0.133. The Balaban J connectivity index is 1.21. The smallest absolute Gasteiger partial charge is 0.325 e. The summed E-state index contributed by atoms with van der Waals surface area (Å²) in [6, 6.07) is 28.7. The van der Waals surface area contributed by atoms with Crippen LogP contribution in [0.5, 0.6) is 0 Å². The molecule has 2 heterocycles. The maximum atomic E-state index is 13.4. The van der Waals surface area contributed by atoms with Crippen LogP contribution in [-0.2, 0) is 21.5 Å². The molecule has 1 unspecified atom stereocenters. The number of urea groups is 1. The van der Waals surface area contributed by atoms with Gasteiger partial charge in [0, 0.05) is 12.2 Å². The van der Waals surface area contributed by atoms with Crippen LogP contribution in [0.2, 0.25) is 0 Å². The van der Waals surface area contributed by atoms with Crippen LogP contribution < -0.4 is 15.5 Å². The number of para-hydroxylation sites is 3. The molecule has 1 saturated heterocycles. The van der Waals surface area contributed by atoms with Gasteiger partial charge >= 0.3 is 6.03 Å². The zero-order valence-corrected chi connectivity index (χ0v) is 20.4. The molecule has 4 amide bonds. The number of imide groups is 1. The molecule has 0 radical (unpaired) electrons. The molecule has 2 N–H and O–H groups in total. The molecule has 1 atom stereocenters. The Morgan fingerprint density at radius 1 is 0.892 bits per heavy atom. The number of anilines is 3. The Morgan fingerprint density at radius 3 is 2.43 bits per heavy atom. The normalized spacial score (nSPS) is 18.7. The van der Waals surface area contributed by atoms with Gasteiger partial charge in [-0.1, -0.05) is 66.7 Å². The zero-order chi connectivity index (χ0) is 25.6. The van der Waals surface area contributed by atoms with Crippen molar-refractivity contribution in [3.63, 3.8) is 0 Å². The molecule has 0 spiro atoms. The second-order valence-electron chi connectivity index (χ2n) is 9.60. The number of carbonyl (C=O) groups is 3. The highest BCUT2D eigenvalue weighted by Crippen LogP contribution is 2.38. The van der Waals surface area contributed by atoms with Gasteiger partial charge in [0.25, 0.3) is 5.91 Å². The first-order valence-electron chi connectivity index (χ1n) is 12.3. The van der Waals surface area contributed by atoms with Crippen LogP contribution in [-0.4, -0.2) is 35.8 Å². The monoisotopic (exact) mass is 490 g/mol. The van der Waals surface area contributed by atoms with E-state index in [1.165, 1.54) is 5.56 Å². The number of carbonyl (C=O) groups excluding carboxylic acids is 3. The summed E-state index contributed by atoms with van der Waals surface area (Å²) in [6.07, 6.45) is 0.925. The van der Waals surface area contributed by atoms with Gasteiger partial charge < -0.3 is 15.5 Å². The van der Waals surface area contributed by atoms with Gasteiger partial charge in [-0.15, -0.1) is 0 Å². The lowest BCUT2D eigenvalue weighted by atomic mass is 9.90. The summed E-state index contributed by atoms with van der Waals surface area (Å²) in [7, 11) is 0. The van der Waals surface area contributed by atoms with Crippen LogP contribution in [0.15, 0.2) is 91.0 Å². The van der Waals surface area contributed by atoms with E-state index in [2.05, 4.69) is 27.7 Å². The number of hydrogen-bond acceptors (Lipinski definition) is 4. The van der Waals surface area contributed by atoms with Gasteiger partial charge in [-0.2, -0.15) is 0 Å². The van der Waals surface area contributed by atoms with Gasteiger partial charge in [-0.3, -0.25) is 14.5 Å². The molecule has 2 aliphatic rings. The summed E-state index contributed by atoms with van der Waals surface area (Å²) in [5, 5.41) is 7.74. The van der Waals surface area contributed by atoms with Crippen molar-refractivity contribution in [2.75, 3.05) is 23.3 Å². The second-order valence-corrected chi connectivity index (χ2v) is 9.60. The molecule has 0 aliphatic carbocycles. The number of nitrogens with one attached hydrogen (secondary N) is 2. The molecule has 184 valence electrons. The SMILES string of the molecule is CC1(c2ccc3ccccc3c2)NC(=O)N(CC(=O)Nc2ccccc2N2CCc3ccccc32)C1=O. The van der Waals surface area contributed by atoms with E-state index in [-0.39, 0.29) is 6.54 Å². The van der Waals surface area contributed by atoms with E-state index in [1.54, 1.807) is 6.92 Å². The van der Waals surface area contributed by atoms with Crippen LogP contribution in [0.25, 0.3) is 10.8 Å². The molecule has 0 saturated carbocycles. The van der Waals surface area contributed by atoms with Crippen LogP contribution >= 0.6 is 0 Å². The highest BCUT2D eigenvalue weighted by atomic mass is 16.2. The summed E-state index contributed by atoms with van der Waals surface area (Å²) >= 11 is 0. The standard InChI is InChI=1S/C30H26N4O3/c1-30(23-15-14-20-8-2-3-10-22(20)18-23)28(36)34(29(37)32-30)19-27(35)31-24-11-5-7-13-26(24)33-17-16-21-9-4-6-12-25(21)33/h2-15,18H,16-17,19H2,1H3,(H,31,35)(H,32,37). The molecule has 1 fully saturated rings. The molecule has 37 heavy (non-hydrogen) atoms. The summed E-state index contributed by atoms with van der Waals surface area (Å²) < 4.78 is 0. The van der Waals surface area contributed by atoms with Gasteiger partial charge in [0.05, 0.1) is 11.4 Å². The van der Waals surface area contributed by atoms with Gasteiger partial charge in [0.1, 0.15) is 12.1 Å². The van der Waals surface area contributed by atoms with E-state index in [0.717, 1.165) is 40.0 Å². The lowest BCUT2D eigenvalue weighted by Gasteiger charge is -2.24. The largest absolute Gasteiger partial charge is 0.339 e.